The summed E-state index contributed by atoms with van der Waals surface area (Å²) in [5.41, 5.74) is 13.0. The van der Waals surface area contributed by atoms with Crippen molar-refractivity contribution in [1.29, 1.82) is 5.41 Å². The molecule has 5 aliphatic rings. The van der Waals surface area contributed by atoms with E-state index in [1.54, 1.807) is 24.3 Å². The minimum absolute atomic E-state index is 0.0770. The molecule has 13 heteroatoms. The van der Waals surface area contributed by atoms with Crippen LogP contribution in [0.3, 0.4) is 0 Å². The smallest absolute Gasteiger partial charge is 0.254 e. The van der Waals surface area contributed by atoms with Gasteiger partial charge in [0, 0.05) is 69.1 Å². The number of carbonyl (C=O) groups is 4. The number of benzene rings is 2. The Morgan fingerprint density at radius 3 is 2.18 bits per heavy atom. The maximum atomic E-state index is 14.6. The first-order valence-electron chi connectivity index (χ1n) is 17.8. The standard InChI is InChI=1S/C37H49FN8O4/c38-30-6-5-25(18-31(39)27-3-1-2-4-28(27)34(41)48)17-29(30)35(49)43-10-9-42-32(47)23-44-11-7-24(8-12-44)22-45-13-15-46(16-14-45)36(50)33(40)37-19-26(20-37)21-37/h1-6,17,24,26,33,39H,7-16,18-23,40H2,(H2,41,48)(H,42,47)(H,43,49)/t26?,33-,37?/m0/s1. The molecule has 1 atom stereocenters. The summed E-state index contributed by atoms with van der Waals surface area (Å²) in [4.78, 5) is 56.7. The molecule has 5 fully saturated rings. The molecule has 3 saturated carbocycles. The highest BCUT2D eigenvalue weighted by molar-refractivity contribution is 6.09. The number of carbonyl (C=O) groups excluding carboxylic acids is 4. The van der Waals surface area contributed by atoms with Crippen molar-refractivity contribution in [2.45, 2.75) is 44.6 Å². The summed E-state index contributed by atoms with van der Waals surface area (Å²) in [6.07, 6.45) is 5.49. The minimum Gasteiger partial charge on any atom is -0.366 e. The monoisotopic (exact) mass is 688 g/mol. The molecule has 2 aliphatic heterocycles. The quantitative estimate of drug-likeness (QED) is 0.147. The fourth-order valence-corrected chi connectivity index (χ4v) is 8.08. The molecule has 2 aromatic carbocycles. The SMILES string of the molecule is N=C(Cc1ccc(F)c(C(=O)NCCNC(=O)CN2CCC(CN3CCN(C(=O)[C@H](N)C45CC(C4)C5)CC3)CC2)c1)c1ccccc1C(N)=O. The highest BCUT2D eigenvalue weighted by Gasteiger charge is 2.61. The number of nitrogens with one attached hydrogen (secondary N) is 3. The van der Waals surface area contributed by atoms with E-state index in [4.69, 9.17) is 16.9 Å². The van der Waals surface area contributed by atoms with Crippen LogP contribution in [0.2, 0.25) is 0 Å². The lowest BCUT2D eigenvalue weighted by Gasteiger charge is -2.64. The van der Waals surface area contributed by atoms with Crippen LogP contribution in [-0.2, 0) is 16.0 Å². The van der Waals surface area contributed by atoms with Crippen LogP contribution in [0.4, 0.5) is 4.39 Å². The zero-order valence-electron chi connectivity index (χ0n) is 28.6. The molecule has 0 radical (unpaired) electrons. The summed E-state index contributed by atoms with van der Waals surface area (Å²) in [6.45, 7) is 6.55. The van der Waals surface area contributed by atoms with Gasteiger partial charge in [0.1, 0.15) is 5.82 Å². The second kappa shape index (κ2) is 15.4. The molecule has 12 nitrogen and oxygen atoms in total. The molecule has 2 aromatic rings. The van der Waals surface area contributed by atoms with Gasteiger partial charge >= 0.3 is 0 Å². The van der Waals surface area contributed by atoms with Crippen LogP contribution in [-0.4, -0.2) is 116 Å². The summed E-state index contributed by atoms with van der Waals surface area (Å²) < 4.78 is 14.6. The van der Waals surface area contributed by atoms with Gasteiger partial charge in [-0.1, -0.05) is 24.3 Å². The van der Waals surface area contributed by atoms with E-state index in [0.717, 1.165) is 83.8 Å². The van der Waals surface area contributed by atoms with E-state index in [2.05, 4.69) is 20.4 Å². The van der Waals surface area contributed by atoms with Crippen LogP contribution in [0.25, 0.3) is 0 Å². The van der Waals surface area contributed by atoms with Crippen molar-refractivity contribution in [2.75, 3.05) is 65.4 Å². The Kier molecular flexibility index (Phi) is 10.9. The molecule has 268 valence electrons. The second-order valence-corrected chi connectivity index (χ2v) is 14.6. The molecule has 7 rings (SSSR count). The number of halogens is 1. The predicted molar refractivity (Wildman–Crippen MR) is 187 cm³/mol. The molecule has 2 saturated heterocycles. The maximum absolute atomic E-state index is 14.6. The van der Waals surface area contributed by atoms with Crippen molar-refractivity contribution in [2.24, 2.45) is 28.7 Å². The fourth-order valence-electron chi connectivity index (χ4n) is 8.08. The Morgan fingerprint density at radius 2 is 1.54 bits per heavy atom. The molecule has 2 bridgehead atoms. The van der Waals surface area contributed by atoms with Gasteiger partial charge in [-0.2, -0.15) is 0 Å². The maximum Gasteiger partial charge on any atom is 0.254 e. The van der Waals surface area contributed by atoms with Gasteiger partial charge in [0.05, 0.1) is 18.2 Å². The number of rotatable bonds is 14. The third-order valence-corrected chi connectivity index (χ3v) is 11.2. The zero-order chi connectivity index (χ0) is 35.4. The summed E-state index contributed by atoms with van der Waals surface area (Å²) in [5.74, 6) is -0.575. The van der Waals surface area contributed by atoms with E-state index in [-0.39, 0.29) is 66.2 Å². The average Bonchev–Trinajstić information content (AvgIpc) is 3.07. The van der Waals surface area contributed by atoms with Crippen LogP contribution >= 0.6 is 0 Å². The van der Waals surface area contributed by atoms with Crippen LogP contribution in [0.5, 0.6) is 0 Å². The van der Waals surface area contributed by atoms with E-state index in [1.165, 1.54) is 18.2 Å². The van der Waals surface area contributed by atoms with E-state index >= 15 is 0 Å². The normalized spacial score (nSPS) is 22.9. The number of nitrogens with zero attached hydrogens (tertiary/aromatic N) is 3. The zero-order valence-corrected chi connectivity index (χ0v) is 28.6. The fraction of sp³-hybridized carbons (Fsp3) is 0.541. The van der Waals surface area contributed by atoms with Gasteiger partial charge in [-0.3, -0.25) is 29.0 Å². The largest absolute Gasteiger partial charge is 0.366 e. The number of hydrogen-bond donors (Lipinski definition) is 5. The number of hydrogen-bond acceptors (Lipinski definition) is 8. The van der Waals surface area contributed by atoms with Crippen molar-refractivity contribution in [3.63, 3.8) is 0 Å². The van der Waals surface area contributed by atoms with Gasteiger partial charge in [0.15, 0.2) is 0 Å². The molecule has 4 amide bonds. The Labute approximate surface area is 292 Å². The third kappa shape index (κ3) is 8.06. The lowest BCUT2D eigenvalue weighted by atomic mass is 9.42. The van der Waals surface area contributed by atoms with Gasteiger partial charge in [-0.05, 0) is 86.2 Å². The van der Waals surface area contributed by atoms with Gasteiger partial charge in [0.2, 0.25) is 17.7 Å². The van der Waals surface area contributed by atoms with Gasteiger partial charge in [-0.25, -0.2) is 4.39 Å². The third-order valence-electron chi connectivity index (χ3n) is 11.2. The number of amides is 4. The summed E-state index contributed by atoms with van der Waals surface area (Å²) in [7, 11) is 0. The molecule has 0 spiro atoms. The second-order valence-electron chi connectivity index (χ2n) is 14.6. The topological polar surface area (TPSA) is 178 Å². The van der Waals surface area contributed by atoms with E-state index < -0.39 is 17.6 Å². The predicted octanol–water partition coefficient (Wildman–Crippen LogP) is 1.36. The molecular weight excluding hydrogens is 639 g/mol. The minimum atomic E-state index is -0.694. The van der Waals surface area contributed by atoms with E-state index in [9.17, 15) is 23.6 Å². The van der Waals surface area contributed by atoms with Crippen LogP contribution in [0.1, 0.15) is 63.9 Å². The lowest BCUT2D eigenvalue weighted by Crippen LogP contribution is -2.67. The van der Waals surface area contributed by atoms with E-state index in [0.29, 0.717) is 17.0 Å². The summed E-state index contributed by atoms with van der Waals surface area (Å²) >= 11 is 0. The molecule has 2 heterocycles. The molecule has 7 N–H and O–H groups in total. The molecule has 3 aliphatic carbocycles. The molecule has 50 heavy (non-hydrogen) atoms. The molecular formula is C37H49FN8O4. The Bertz CT molecular complexity index is 1600. The number of piperazine rings is 1. The van der Waals surface area contributed by atoms with Crippen molar-refractivity contribution in [3.05, 3.63) is 70.5 Å². The summed E-state index contributed by atoms with van der Waals surface area (Å²) in [6, 6.07) is 10.3. The van der Waals surface area contributed by atoms with Crippen LogP contribution in [0, 0.1) is 28.5 Å². The highest BCUT2D eigenvalue weighted by atomic mass is 19.1. The average molecular weight is 689 g/mol. The summed E-state index contributed by atoms with van der Waals surface area (Å²) in [5, 5.41) is 13.9. The highest BCUT2D eigenvalue weighted by Crippen LogP contribution is 2.65. The van der Waals surface area contributed by atoms with Crippen LogP contribution in [0.15, 0.2) is 42.5 Å². The Morgan fingerprint density at radius 1 is 0.880 bits per heavy atom. The Balaban J connectivity index is 0.855. The van der Waals surface area contributed by atoms with E-state index in [1.807, 2.05) is 4.90 Å². The number of primary amides is 1. The van der Waals surface area contributed by atoms with Crippen molar-refractivity contribution in [3.8, 4) is 0 Å². The van der Waals surface area contributed by atoms with Crippen LogP contribution < -0.4 is 22.1 Å². The van der Waals surface area contributed by atoms with Gasteiger partial charge < -0.3 is 32.4 Å². The first kappa shape index (κ1) is 35.6. The number of piperidine rings is 1. The van der Waals surface area contributed by atoms with Gasteiger partial charge in [0.25, 0.3) is 5.91 Å². The lowest BCUT2D eigenvalue weighted by molar-refractivity contribution is -0.161. The molecule has 0 aromatic heterocycles. The van der Waals surface area contributed by atoms with Crippen molar-refractivity contribution in [1.82, 2.24) is 25.3 Å². The Hall–Kier alpha value is -4.20. The molecule has 0 unspecified atom stereocenters. The van der Waals surface area contributed by atoms with Crippen molar-refractivity contribution < 1.29 is 23.6 Å². The van der Waals surface area contributed by atoms with Gasteiger partial charge in [-0.15, -0.1) is 0 Å². The number of likely N-dealkylation sites (tertiary alicyclic amines) is 1. The first-order valence-corrected chi connectivity index (χ1v) is 17.8. The number of nitrogens with two attached hydrogens (primary N) is 2. The first-order chi connectivity index (χ1) is 24.0. The van der Waals surface area contributed by atoms with Crippen molar-refractivity contribution >= 4 is 29.3 Å².